The van der Waals surface area contributed by atoms with Crippen molar-refractivity contribution in [1.29, 1.82) is 0 Å². The van der Waals surface area contributed by atoms with Crippen molar-refractivity contribution in [3.05, 3.63) is 105 Å². The van der Waals surface area contributed by atoms with Gasteiger partial charge in [-0.15, -0.1) is 0 Å². The molecule has 0 aliphatic heterocycles. The van der Waals surface area contributed by atoms with Crippen molar-refractivity contribution in [1.82, 2.24) is 19.9 Å². The van der Waals surface area contributed by atoms with E-state index in [4.69, 9.17) is 23.2 Å². The van der Waals surface area contributed by atoms with Crippen LogP contribution < -0.4 is 10.9 Å². The predicted octanol–water partition coefficient (Wildman–Crippen LogP) is 5.92. The van der Waals surface area contributed by atoms with Crippen LogP contribution in [0, 0.1) is 17.5 Å². The molecule has 11 heteroatoms. The fourth-order valence-electron chi connectivity index (χ4n) is 3.86. The van der Waals surface area contributed by atoms with Crippen molar-refractivity contribution in [2.45, 2.75) is 0 Å². The maximum absolute atomic E-state index is 13.9. The Bertz CT molecular complexity index is 1740. The average Bonchev–Trinajstić information content (AvgIpc) is 2.87. The number of nitrogens with zero attached hydrogens (tertiary/aromatic N) is 3. The summed E-state index contributed by atoms with van der Waals surface area (Å²) in [7, 11) is 3.03. The summed E-state index contributed by atoms with van der Waals surface area (Å²) in [6, 6.07) is 8.84. The summed E-state index contributed by atoms with van der Waals surface area (Å²) in [5.41, 5.74) is 0.104. The van der Waals surface area contributed by atoms with E-state index in [0.29, 0.717) is 21.3 Å². The average molecular weight is 545 g/mol. The van der Waals surface area contributed by atoms with Crippen LogP contribution in [0.4, 0.5) is 13.2 Å². The van der Waals surface area contributed by atoms with Crippen LogP contribution in [0.25, 0.3) is 32.8 Å². The molecule has 0 unspecified atom stereocenters. The molecule has 1 amide bonds. The molecule has 0 radical (unpaired) electrons. The molecule has 0 saturated heterocycles. The molecule has 0 saturated carbocycles. The van der Waals surface area contributed by atoms with Crippen LogP contribution in [0.2, 0.25) is 10.0 Å². The van der Waals surface area contributed by atoms with Crippen molar-refractivity contribution >= 4 is 50.8 Å². The van der Waals surface area contributed by atoms with Gasteiger partial charge in [-0.1, -0.05) is 29.3 Å². The Kier molecular flexibility index (Phi) is 7.47. The molecule has 5 aromatic rings. The molecule has 188 valence electrons. The summed E-state index contributed by atoms with van der Waals surface area (Å²) >= 11 is 11.6. The smallest absolute Gasteiger partial charge is 0.260 e. The minimum atomic E-state index is -0.776. The first-order valence-electron chi connectivity index (χ1n) is 10.7. The summed E-state index contributed by atoms with van der Waals surface area (Å²) in [6.07, 6.45) is 4.60. The maximum Gasteiger partial charge on any atom is 0.260 e. The maximum atomic E-state index is 13.9. The molecule has 3 heterocycles. The quantitative estimate of drug-likeness (QED) is 0.280. The third kappa shape index (κ3) is 5.00. The third-order valence-corrected chi connectivity index (χ3v) is 6.07. The first-order valence-corrected chi connectivity index (χ1v) is 11.4. The van der Waals surface area contributed by atoms with Crippen LogP contribution in [0.3, 0.4) is 0 Å². The van der Waals surface area contributed by atoms with E-state index in [-0.39, 0.29) is 32.7 Å². The zero-order chi connectivity index (χ0) is 26.9. The SMILES string of the molecule is CNC(=O)c1cncc(F)c1-c1ccc(Cl)cc1F.Cn1c(=O)c2cncc(F)c2c2ccc(Cl)cc21. The molecule has 2 aromatic carbocycles. The van der Waals surface area contributed by atoms with Crippen molar-refractivity contribution in [2.75, 3.05) is 7.05 Å². The number of amides is 1. The van der Waals surface area contributed by atoms with Crippen LogP contribution in [0.5, 0.6) is 0 Å². The lowest BCUT2D eigenvalue weighted by Gasteiger charge is -2.10. The highest BCUT2D eigenvalue weighted by molar-refractivity contribution is 6.31. The van der Waals surface area contributed by atoms with Gasteiger partial charge in [-0.25, -0.2) is 13.2 Å². The summed E-state index contributed by atoms with van der Waals surface area (Å²) in [4.78, 5) is 31.1. The summed E-state index contributed by atoms with van der Waals surface area (Å²) < 4.78 is 43.1. The van der Waals surface area contributed by atoms with Gasteiger partial charge in [0.05, 0.1) is 28.9 Å². The van der Waals surface area contributed by atoms with Gasteiger partial charge in [0.2, 0.25) is 0 Å². The van der Waals surface area contributed by atoms with E-state index in [1.807, 2.05) is 0 Å². The highest BCUT2D eigenvalue weighted by atomic mass is 35.5. The summed E-state index contributed by atoms with van der Waals surface area (Å²) in [5, 5.41) is 4.26. The van der Waals surface area contributed by atoms with E-state index in [0.717, 1.165) is 18.5 Å². The first kappa shape index (κ1) is 26.1. The molecule has 6 nitrogen and oxygen atoms in total. The Hall–Kier alpha value is -3.95. The number of nitrogens with one attached hydrogen (secondary N) is 1. The molecule has 3 aromatic heterocycles. The number of pyridine rings is 3. The highest BCUT2D eigenvalue weighted by Crippen LogP contribution is 2.30. The van der Waals surface area contributed by atoms with Gasteiger partial charge in [-0.3, -0.25) is 19.6 Å². The largest absolute Gasteiger partial charge is 0.355 e. The molecule has 0 fully saturated rings. The zero-order valence-corrected chi connectivity index (χ0v) is 20.8. The molecule has 0 aliphatic carbocycles. The van der Waals surface area contributed by atoms with E-state index in [9.17, 15) is 22.8 Å². The van der Waals surface area contributed by atoms with Gasteiger partial charge in [0, 0.05) is 58.4 Å². The Morgan fingerprint density at radius 3 is 2.22 bits per heavy atom. The number of rotatable bonds is 2. The van der Waals surface area contributed by atoms with Crippen molar-refractivity contribution in [3.8, 4) is 11.1 Å². The molecule has 0 aliphatic rings. The summed E-state index contributed by atoms with van der Waals surface area (Å²) in [5.74, 6) is -2.53. The first-order chi connectivity index (χ1) is 17.6. The van der Waals surface area contributed by atoms with E-state index in [1.165, 1.54) is 36.1 Å². The van der Waals surface area contributed by atoms with Crippen molar-refractivity contribution in [2.24, 2.45) is 7.05 Å². The van der Waals surface area contributed by atoms with Gasteiger partial charge in [-0.2, -0.15) is 0 Å². The van der Waals surface area contributed by atoms with Crippen LogP contribution in [-0.4, -0.2) is 27.5 Å². The van der Waals surface area contributed by atoms with E-state index >= 15 is 0 Å². The third-order valence-electron chi connectivity index (χ3n) is 5.60. The van der Waals surface area contributed by atoms with Gasteiger partial charge >= 0.3 is 0 Å². The Morgan fingerprint density at radius 2 is 1.51 bits per heavy atom. The Morgan fingerprint density at radius 1 is 0.865 bits per heavy atom. The van der Waals surface area contributed by atoms with Crippen LogP contribution in [-0.2, 0) is 7.05 Å². The van der Waals surface area contributed by atoms with Crippen molar-refractivity contribution < 1.29 is 18.0 Å². The van der Waals surface area contributed by atoms with E-state index in [2.05, 4.69) is 15.3 Å². The molecule has 5 rings (SSSR count). The Balaban J connectivity index is 0.000000173. The second kappa shape index (κ2) is 10.6. The number of benzene rings is 2. The lowest BCUT2D eigenvalue weighted by atomic mass is 10.00. The van der Waals surface area contributed by atoms with Crippen LogP contribution >= 0.6 is 23.2 Å². The fourth-order valence-corrected chi connectivity index (χ4v) is 4.19. The normalized spacial score (nSPS) is 10.8. The minimum absolute atomic E-state index is 0.0382. The van der Waals surface area contributed by atoms with Crippen molar-refractivity contribution in [3.63, 3.8) is 0 Å². The number of halogens is 5. The second-order valence-electron chi connectivity index (χ2n) is 7.82. The van der Waals surface area contributed by atoms with E-state index in [1.54, 1.807) is 25.2 Å². The van der Waals surface area contributed by atoms with Crippen LogP contribution in [0.15, 0.2) is 66.0 Å². The van der Waals surface area contributed by atoms with Gasteiger partial charge in [0.25, 0.3) is 11.5 Å². The van der Waals surface area contributed by atoms with Gasteiger partial charge in [0.1, 0.15) is 17.5 Å². The zero-order valence-electron chi connectivity index (χ0n) is 19.3. The number of hydrogen-bond acceptors (Lipinski definition) is 4. The standard InChI is InChI=1S/C13H9ClF2N2O.C13H8ClFN2O/c1-17-13(19)9-5-18-6-11(16)12(9)8-3-2-7(14)4-10(8)15;1-17-11-4-7(14)2-3-8(11)12-9(13(17)18)5-16-6-10(12)15/h2-6H,1H3,(H,17,19);2-6H,1H3. The number of fused-ring (bicyclic) bond motifs is 3. The van der Waals surface area contributed by atoms with Crippen LogP contribution in [0.1, 0.15) is 10.4 Å². The number of hydrogen-bond donors (Lipinski definition) is 1. The Labute approximate surface area is 218 Å². The molecular formula is C26H17Cl2F3N4O2. The number of carbonyl (C=O) groups is 1. The number of carbonyl (C=O) groups excluding carboxylic acids is 1. The monoisotopic (exact) mass is 544 g/mol. The molecule has 1 N–H and O–H groups in total. The molecule has 0 spiro atoms. The lowest BCUT2D eigenvalue weighted by molar-refractivity contribution is 0.0963. The van der Waals surface area contributed by atoms with Gasteiger partial charge in [0.15, 0.2) is 0 Å². The molecule has 37 heavy (non-hydrogen) atoms. The molecular weight excluding hydrogens is 528 g/mol. The minimum Gasteiger partial charge on any atom is -0.355 e. The van der Waals surface area contributed by atoms with Gasteiger partial charge < -0.3 is 9.88 Å². The fraction of sp³-hybridized carbons (Fsp3) is 0.0769. The number of aromatic nitrogens is 3. The lowest BCUT2D eigenvalue weighted by Crippen LogP contribution is -2.19. The molecule has 0 bridgehead atoms. The topological polar surface area (TPSA) is 76.9 Å². The predicted molar refractivity (Wildman–Crippen MR) is 137 cm³/mol. The second-order valence-corrected chi connectivity index (χ2v) is 8.69. The highest BCUT2D eigenvalue weighted by Gasteiger charge is 2.19. The molecule has 0 atom stereocenters. The number of aryl methyl sites for hydroxylation is 1. The summed E-state index contributed by atoms with van der Waals surface area (Å²) in [6.45, 7) is 0. The van der Waals surface area contributed by atoms with E-state index < -0.39 is 23.4 Å². The van der Waals surface area contributed by atoms with Gasteiger partial charge in [-0.05, 0) is 30.3 Å².